The number of nitrogens with zero attached hydrogens (tertiary/aromatic N) is 1. The number of hydrogen-bond donors (Lipinski definition) is 0. The molecule has 0 aliphatic rings. The lowest BCUT2D eigenvalue weighted by Crippen LogP contribution is -1.86. The minimum atomic E-state index is 0.778. The molecule has 0 bridgehead atoms. The van der Waals surface area contributed by atoms with E-state index in [2.05, 4.69) is 62.7 Å². The van der Waals surface area contributed by atoms with E-state index in [4.69, 9.17) is 5.26 Å². The molecule has 0 unspecified atom stereocenters. The van der Waals surface area contributed by atoms with Crippen LogP contribution >= 0.6 is 56.5 Å². The van der Waals surface area contributed by atoms with Crippen molar-refractivity contribution in [2.45, 2.75) is 0 Å². The van der Waals surface area contributed by atoms with Gasteiger partial charge in [-0.3, -0.25) is 0 Å². The molecule has 1 nitrogen and oxygen atoms in total. The Morgan fingerprint density at radius 1 is 1.31 bits per heavy atom. The molecule has 4 heteroatoms. The number of thiophene rings is 1. The Kier molecular flexibility index (Phi) is 2.76. The third-order valence-electron chi connectivity index (χ3n) is 1.76. The Hall–Kier alpha value is 0.130. The fraction of sp³-hybridized carbons (Fsp3) is 0. The Labute approximate surface area is 107 Å². The number of halogens is 2. The van der Waals surface area contributed by atoms with Gasteiger partial charge in [-0.05, 0) is 62.7 Å². The Morgan fingerprint density at radius 2 is 2.08 bits per heavy atom. The topological polar surface area (TPSA) is 23.8 Å². The Balaban J connectivity index is 2.94. The SMILES string of the molecule is N#Cc1cc2sccc2c(I)c1I. The molecule has 0 radical (unpaired) electrons. The van der Waals surface area contributed by atoms with Crippen molar-refractivity contribution in [3.8, 4) is 6.07 Å². The zero-order valence-electron chi connectivity index (χ0n) is 6.34. The molecule has 0 spiro atoms. The van der Waals surface area contributed by atoms with Crippen molar-refractivity contribution >= 4 is 66.6 Å². The molecule has 0 saturated heterocycles. The largest absolute Gasteiger partial charge is 0.192 e. The zero-order valence-corrected chi connectivity index (χ0v) is 11.5. The second kappa shape index (κ2) is 3.71. The van der Waals surface area contributed by atoms with Gasteiger partial charge in [0.25, 0.3) is 0 Å². The average Bonchev–Trinajstić information content (AvgIpc) is 2.59. The number of fused-ring (bicyclic) bond motifs is 1. The maximum Gasteiger partial charge on any atom is 0.100 e. The van der Waals surface area contributed by atoms with E-state index in [0.717, 1.165) is 9.13 Å². The second-order valence-electron chi connectivity index (χ2n) is 2.50. The summed E-state index contributed by atoms with van der Waals surface area (Å²) in [6.45, 7) is 0. The van der Waals surface area contributed by atoms with Gasteiger partial charge in [0, 0.05) is 17.2 Å². The van der Waals surface area contributed by atoms with Crippen molar-refractivity contribution < 1.29 is 0 Å². The highest BCUT2D eigenvalue weighted by molar-refractivity contribution is 14.1. The molecule has 0 saturated carbocycles. The predicted octanol–water partition coefficient (Wildman–Crippen LogP) is 3.98. The molecular formula is C9H3I2NS. The van der Waals surface area contributed by atoms with Crippen molar-refractivity contribution in [2.24, 2.45) is 0 Å². The molecule has 1 aromatic carbocycles. The maximum atomic E-state index is 8.89. The van der Waals surface area contributed by atoms with E-state index in [1.54, 1.807) is 11.3 Å². The lowest BCUT2D eigenvalue weighted by atomic mass is 10.2. The van der Waals surface area contributed by atoms with Crippen molar-refractivity contribution in [1.82, 2.24) is 0 Å². The Morgan fingerprint density at radius 3 is 2.77 bits per heavy atom. The summed E-state index contributed by atoms with van der Waals surface area (Å²) in [5.41, 5.74) is 0.778. The van der Waals surface area contributed by atoms with Crippen LogP contribution in [0.25, 0.3) is 10.1 Å². The van der Waals surface area contributed by atoms with E-state index in [9.17, 15) is 0 Å². The summed E-state index contributed by atoms with van der Waals surface area (Å²) < 4.78 is 3.45. The molecule has 0 fully saturated rings. The number of rotatable bonds is 0. The van der Waals surface area contributed by atoms with Gasteiger partial charge >= 0.3 is 0 Å². The van der Waals surface area contributed by atoms with Gasteiger partial charge in [0.2, 0.25) is 0 Å². The van der Waals surface area contributed by atoms with E-state index >= 15 is 0 Å². The highest BCUT2D eigenvalue weighted by atomic mass is 127. The van der Waals surface area contributed by atoms with Crippen LogP contribution in [0.2, 0.25) is 0 Å². The van der Waals surface area contributed by atoms with Gasteiger partial charge < -0.3 is 0 Å². The summed E-state index contributed by atoms with van der Waals surface area (Å²) in [6.07, 6.45) is 0. The van der Waals surface area contributed by atoms with Gasteiger partial charge in [-0.15, -0.1) is 11.3 Å². The standard InChI is InChI=1S/C9H3I2NS/c10-8-5(4-12)3-7-6(9(8)11)1-2-13-7/h1-3H. The summed E-state index contributed by atoms with van der Waals surface area (Å²) in [5.74, 6) is 0. The van der Waals surface area contributed by atoms with Crippen LogP contribution in [-0.2, 0) is 0 Å². The number of hydrogen-bond acceptors (Lipinski definition) is 2. The molecule has 0 aliphatic heterocycles. The van der Waals surface area contributed by atoms with Crippen LogP contribution in [0.1, 0.15) is 5.56 Å². The minimum Gasteiger partial charge on any atom is -0.192 e. The van der Waals surface area contributed by atoms with Gasteiger partial charge in [0.1, 0.15) is 6.07 Å². The molecule has 2 aromatic rings. The normalized spacial score (nSPS) is 10.2. The van der Waals surface area contributed by atoms with Crippen LogP contribution < -0.4 is 0 Å². The highest BCUT2D eigenvalue weighted by Gasteiger charge is 2.09. The number of benzene rings is 1. The van der Waals surface area contributed by atoms with Crippen molar-refractivity contribution in [3.05, 3.63) is 30.2 Å². The van der Waals surface area contributed by atoms with Gasteiger partial charge in [-0.25, -0.2) is 0 Å². The van der Waals surface area contributed by atoms with Gasteiger partial charge in [-0.2, -0.15) is 5.26 Å². The zero-order chi connectivity index (χ0) is 9.42. The van der Waals surface area contributed by atoms with E-state index in [1.807, 2.05) is 6.07 Å². The summed E-state index contributed by atoms with van der Waals surface area (Å²) in [6, 6.07) is 6.28. The monoisotopic (exact) mass is 411 g/mol. The second-order valence-corrected chi connectivity index (χ2v) is 5.60. The van der Waals surface area contributed by atoms with Gasteiger partial charge in [0.05, 0.1) is 5.56 Å². The third-order valence-corrected chi connectivity index (χ3v) is 5.89. The quantitative estimate of drug-likeness (QED) is 0.602. The first-order valence-electron chi connectivity index (χ1n) is 3.49. The van der Waals surface area contributed by atoms with Crippen molar-refractivity contribution in [2.75, 3.05) is 0 Å². The lowest BCUT2D eigenvalue weighted by molar-refractivity contribution is 1.47. The average molecular weight is 411 g/mol. The fourth-order valence-electron chi connectivity index (χ4n) is 1.13. The summed E-state index contributed by atoms with van der Waals surface area (Å²) in [5, 5.41) is 12.2. The molecule has 1 heterocycles. The van der Waals surface area contributed by atoms with Crippen LogP contribution in [0.5, 0.6) is 0 Å². The molecule has 1 aromatic heterocycles. The molecule has 13 heavy (non-hydrogen) atoms. The fourth-order valence-corrected chi connectivity index (χ4v) is 3.47. The summed E-state index contributed by atoms with van der Waals surface area (Å²) in [4.78, 5) is 0. The molecule has 2 rings (SSSR count). The molecule has 0 aliphatic carbocycles. The van der Waals surface area contributed by atoms with Crippen LogP contribution in [0, 0.1) is 18.5 Å². The van der Waals surface area contributed by atoms with E-state index in [1.165, 1.54) is 13.7 Å². The predicted molar refractivity (Wildman–Crippen MR) is 72.0 cm³/mol. The third kappa shape index (κ3) is 1.57. The van der Waals surface area contributed by atoms with Crippen molar-refractivity contribution in [1.29, 1.82) is 5.26 Å². The lowest BCUT2D eigenvalue weighted by Gasteiger charge is -2.00. The van der Waals surface area contributed by atoms with Crippen LogP contribution in [0.3, 0.4) is 0 Å². The van der Waals surface area contributed by atoms with Gasteiger partial charge in [0.15, 0.2) is 0 Å². The van der Waals surface area contributed by atoms with Crippen LogP contribution in [-0.4, -0.2) is 0 Å². The van der Waals surface area contributed by atoms with E-state index in [0.29, 0.717) is 0 Å². The number of nitriles is 1. The first kappa shape index (κ1) is 9.68. The summed E-state index contributed by atoms with van der Waals surface area (Å²) in [7, 11) is 0. The van der Waals surface area contributed by atoms with E-state index in [-0.39, 0.29) is 0 Å². The first-order valence-corrected chi connectivity index (χ1v) is 6.53. The Bertz CT molecular complexity index is 510. The smallest absolute Gasteiger partial charge is 0.100 e. The maximum absolute atomic E-state index is 8.89. The van der Waals surface area contributed by atoms with E-state index < -0.39 is 0 Å². The minimum absolute atomic E-state index is 0.778. The molecule has 0 N–H and O–H groups in total. The molecule has 0 amide bonds. The van der Waals surface area contributed by atoms with Crippen LogP contribution in [0.15, 0.2) is 17.5 Å². The molecular weight excluding hydrogens is 408 g/mol. The highest BCUT2D eigenvalue weighted by Crippen LogP contribution is 2.31. The van der Waals surface area contributed by atoms with Gasteiger partial charge in [-0.1, -0.05) is 0 Å². The summed E-state index contributed by atoms with van der Waals surface area (Å²) >= 11 is 6.20. The molecule has 0 atom stereocenters. The molecule has 64 valence electrons. The first-order chi connectivity index (χ1) is 6.24. The van der Waals surface area contributed by atoms with Crippen LogP contribution in [0.4, 0.5) is 0 Å². The van der Waals surface area contributed by atoms with Crippen molar-refractivity contribution in [3.63, 3.8) is 0 Å².